The molecule has 0 radical (unpaired) electrons. The molecular formula is C15H25FIN3O. The molecule has 0 saturated carbocycles. The number of nitrogens with zero attached hydrogens (tertiary/aromatic N) is 1. The van der Waals surface area contributed by atoms with Gasteiger partial charge in [0.15, 0.2) is 5.96 Å². The summed E-state index contributed by atoms with van der Waals surface area (Å²) in [4.78, 5) is 4.41. The summed E-state index contributed by atoms with van der Waals surface area (Å²) in [6.45, 7) is 7.55. The first kappa shape index (κ1) is 20.1. The molecule has 1 aromatic carbocycles. The number of halogens is 2. The lowest BCUT2D eigenvalue weighted by Gasteiger charge is -2.11. The van der Waals surface area contributed by atoms with Crippen LogP contribution in [0, 0.1) is 5.82 Å². The highest BCUT2D eigenvalue weighted by Gasteiger charge is 1.98. The molecule has 21 heavy (non-hydrogen) atoms. The predicted octanol–water partition coefficient (Wildman–Crippen LogP) is 2.58. The lowest BCUT2D eigenvalue weighted by molar-refractivity contribution is 0.155. The molecule has 0 fully saturated rings. The van der Waals surface area contributed by atoms with Crippen LogP contribution in [0.4, 0.5) is 4.39 Å². The van der Waals surface area contributed by atoms with Gasteiger partial charge in [-0.2, -0.15) is 0 Å². The van der Waals surface area contributed by atoms with E-state index in [1.54, 1.807) is 12.1 Å². The van der Waals surface area contributed by atoms with Gasteiger partial charge in [0.25, 0.3) is 0 Å². The Morgan fingerprint density at radius 2 is 1.90 bits per heavy atom. The van der Waals surface area contributed by atoms with Crippen molar-refractivity contribution in [3.05, 3.63) is 35.6 Å². The maximum atomic E-state index is 12.8. The number of guanidine groups is 1. The number of nitrogens with one attached hydrogen (secondary N) is 2. The van der Waals surface area contributed by atoms with Crippen LogP contribution in [0.25, 0.3) is 0 Å². The normalized spacial score (nSPS) is 10.9. The van der Waals surface area contributed by atoms with Gasteiger partial charge in [-0.3, -0.25) is 4.99 Å². The Hall–Kier alpha value is -0.890. The first-order valence-electron chi connectivity index (χ1n) is 7.10. The molecule has 0 aliphatic carbocycles. The number of hydrogen-bond acceptors (Lipinski definition) is 2. The number of benzene rings is 1. The molecule has 1 aromatic rings. The summed E-state index contributed by atoms with van der Waals surface area (Å²) in [6.07, 6.45) is 0.830. The third-order valence-corrected chi connectivity index (χ3v) is 2.67. The van der Waals surface area contributed by atoms with Crippen molar-refractivity contribution in [2.45, 2.75) is 20.3 Å². The smallest absolute Gasteiger partial charge is 0.191 e. The molecule has 6 heteroatoms. The van der Waals surface area contributed by atoms with Gasteiger partial charge >= 0.3 is 0 Å². The van der Waals surface area contributed by atoms with Gasteiger partial charge in [0.1, 0.15) is 5.82 Å². The second-order valence-electron chi connectivity index (χ2n) is 4.26. The van der Waals surface area contributed by atoms with Crippen molar-refractivity contribution < 1.29 is 9.13 Å². The summed E-state index contributed by atoms with van der Waals surface area (Å²) in [7, 11) is 0. The molecule has 1 rings (SSSR count). The Kier molecular flexibility index (Phi) is 12.3. The second-order valence-corrected chi connectivity index (χ2v) is 4.26. The molecule has 0 aliphatic heterocycles. The van der Waals surface area contributed by atoms with E-state index in [0.717, 1.165) is 31.0 Å². The quantitative estimate of drug-likeness (QED) is 0.300. The molecule has 0 atom stereocenters. The fraction of sp³-hybridized carbons (Fsp3) is 0.533. The van der Waals surface area contributed by atoms with Crippen LogP contribution >= 0.6 is 24.0 Å². The van der Waals surface area contributed by atoms with Crippen molar-refractivity contribution in [2.75, 3.05) is 32.8 Å². The largest absolute Gasteiger partial charge is 0.380 e. The Balaban J connectivity index is 0.00000400. The molecule has 4 nitrogen and oxygen atoms in total. The molecule has 0 aliphatic rings. The van der Waals surface area contributed by atoms with Gasteiger partial charge in [-0.15, -0.1) is 24.0 Å². The molecule has 0 spiro atoms. The number of aliphatic imine (C=N–C) groups is 1. The Labute approximate surface area is 143 Å². The van der Waals surface area contributed by atoms with E-state index in [-0.39, 0.29) is 29.8 Å². The number of rotatable bonds is 8. The van der Waals surface area contributed by atoms with E-state index in [9.17, 15) is 4.39 Å². The van der Waals surface area contributed by atoms with Gasteiger partial charge in [0.05, 0.1) is 13.2 Å². The van der Waals surface area contributed by atoms with Crippen molar-refractivity contribution in [2.24, 2.45) is 4.99 Å². The van der Waals surface area contributed by atoms with E-state index in [0.29, 0.717) is 19.8 Å². The zero-order chi connectivity index (χ0) is 14.6. The average Bonchev–Trinajstić information content (AvgIpc) is 2.45. The molecule has 0 aromatic heterocycles. The van der Waals surface area contributed by atoms with Gasteiger partial charge in [-0.25, -0.2) is 4.39 Å². The fourth-order valence-electron chi connectivity index (χ4n) is 1.68. The SMILES string of the molecule is CCNC(=NCCOCC)NCCc1ccc(F)cc1.I. The van der Waals surface area contributed by atoms with Crippen molar-refractivity contribution in [1.82, 2.24) is 10.6 Å². The van der Waals surface area contributed by atoms with Gasteiger partial charge in [-0.1, -0.05) is 12.1 Å². The minimum absolute atomic E-state index is 0. The highest BCUT2D eigenvalue weighted by molar-refractivity contribution is 14.0. The van der Waals surface area contributed by atoms with E-state index in [4.69, 9.17) is 4.74 Å². The van der Waals surface area contributed by atoms with Gasteiger partial charge in [-0.05, 0) is 38.0 Å². The number of hydrogen-bond donors (Lipinski definition) is 2. The fourth-order valence-corrected chi connectivity index (χ4v) is 1.68. The van der Waals surface area contributed by atoms with Crippen molar-refractivity contribution in [3.63, 3.8) is 0 Å². The lowest BCUT2D eigenvalue weighted by atomic mass is 10.1. The Morgan fingerprint density at radius 3 is 2.52 bits per heavy atom. The minimum atomic E-state index is -0.201. The maximum absolute atomic E-state index is 12.8. The van der Waals surface area contributed by atoms with E-state index in [2.05, 4.69) is 15.6 Å². The van der Waals surface area contributed by atoms with Gasteiger partial charge in [0, 0.05) is 19.7 Å². The Bertz CT molecular complexity index is 398. The van der Waals surface area contributed by atoms with Crippen LogP contribution in [0.1, 0.15) is 19.4 Å². The first-order valence-corrected chi connectivity index (χ1v) is 7.10. The zero-order valence-electron chi connectivity index (χ0n) is 12.7. The van der Waals surface area contributed by atoms with Crippen LogP contribution in [0.3, 0.4) is 0 Å². The van der Waals surface area contributed by atoms with Crippen LogP contribution in [0.2, 0.25) is 0 Å². The summed E-state index contributed by atoms with van der Waals surface area (Å²) in [6, 6.07) is 6.57. The van der Waals surface area contributed by atoms with Crippen molar-refractivity contribution in [1.29, 1.82) is 0 Å². The second kappa shape index (κ2) is 12.8. The zero-order valence-corrected chi connectivity index (χ0v) is 15.0. The molecule has 0 heterocycles. The van der Waals surface area contributed by atoms with Crippen LogP contribution in [0.15, 0.2) is 29.3 Å². The average molecular weight is 409 g/mol. The Morgan fingerprint density at radius 1 is 1.19 bits per heavy atom. The summed E-state index contributed by atoms with van der Waals surface area (Å²) >= 11 is 0. The summed E-state index contributed by atoms with van der Waals surface area (Å²) < 4.78 is 18.0. The van der Waals surface area contributed by atoms with Gasteiger partial charge < -0.3 is 15.4 Å². The predicted molar refractivity (Wildman–Crippen MR) is 96.0 cm³/mol. The van der Waals surface area contributed by atoms with Crippen LogP contribution in [0.5, 0.6) is 0 Å². The summed E-state index contributed by atoms with van der Waals surface area (Å²) in [5, 5.41) is 6.43. The number of ether oxygens (including phenoxy) is 1. The monoisotopic (exact) mass is 409 g/mol. The van der Waals surface area contributed by atoms with Gasteiger partial charge in [0.2, 0.25) is 0 Å². The first-order chi connectivity index (χ1) is 9.76. The van der Waals surface area contributed by atoms with Crippen molar-refractivity contribution >= 4 is 29.9 Å². The summed E-state index contributed by atoms with van der Waals surface area (Å²) in [5.41, 5.74) is 1.10. The third-order valence-electron chi connectivity index (χ3n) is 2.67. The minimum Gasteiger partial charge on any atom is -0.380 e. The molecule has 0 unspecified atom stereocenters. The standard InChI is InChI=1S/C15H24FN3O.HI/c1-3-17-15(19-11-12-20-4-2)18-10-9-13-5-7-14(16)8-6-13;/h5-8H,3-4,9-12H2,1-2H3,(H2,17,18,19);1H. The molecule has 120 valence electrons. The van der Waals surface area contributed by atoms with E-state index >= 15 is 0 Å². The van der Waals surface area contributed by atoms with E-state index in [1.807, 2.05) is 13.8 Å². The molecular weight excluding hydrogens is 384 g/mol. The summed E-state index contributed by atoms with van der Waals surface area (Å²) in [5.74, 6) is 0.585. The van der Waals surface area contributed by atoms with Crippen LogP contribution < -0.4 is 10.6 Å². The highest BCUT2D eigenvalue weighted by Crippen LogP contribution is 2.02. The molecule has 0 saturated heterocycles. The highest BCUT2D eigenvalue weighted by atomic mass is 127. The van der Waals surface area contributed by atoms with Crippen LogP contribution in [-0.2, 0) is 11.2 Å². The molecule has 0 bridgehead atoms. The topological polar surface area (TPSA) is 45.7 Å². The van der Waals surface area contributed by atoms with E-state index < -0.39 is 0 Å². The molecule has 0 amide bonds. The third kappa shape index (κ3) is 9.62. The van der Waals surface area contributed by atoms with Crippen LogP contribution in [-0.4, -0.2) is 38.8 Å². The maximum Gasteiger partial charge on any atom is 0.191 e. The van der Waals surface area contributed by atoms with Crippen molar-refractivity contribution in [3.8, 4) is 0 Å². The molecule has 2 N–H and O–H groups in total. The lowest BCUT2D eigenvalue weighted by Crippen LogP contribution is -2.38. The van der Waals surface area contributed by atoms with E-state index in [1.165, 1.54) is 12.1 Å².